The van der Waals surface area contributed by atoms with Gasteiger partial charge in [0.25, 0.3) is 0 Å². The Labute approximate surface area is 79.4 Å². The fraction of sp³-hybridized carbons (Fsp3) is 0.455. The molecule has 1 rings (SSSR count). The van der Waals surface area contributed by atoms with Crippen molar-refractivity contribution in [3.63, 3.8) is 0 Å². The lowest BCUT2D eigenvalue weighted by Crippen LogP contribution is -2.27. The van der Waals surface area contributed by atoms with Crippen LogP contribution in [0.2, 0.25) is 0 Å². The number of hydrogen-bond acceptors (Lipinski definition) is 2. The number of aryl methyl sites for hydroxylation is 1. The monoisotopic (exact) mass is 179 g/mol. The molecular formula is C11H17NO. The lowest BCUT2D eigenvalue weighted by molar-refractivity contribution is 0.265. The largest absolute Gasteiger partial charge is 0.395 e. The fourth-order valence-corrected chi connectivity index (χ4v) is 1.45. The van der Waals surface area contributed by atoms with Crippen molar-refractivity contribution in [1.29, 1.82) is 0 Å². The number of aliphatic hydroxyl groups excluding tert-OH is 1. The van der Waals surface area contributed by atoms with E-state index >= 15 is 0 Å². The number of rotatable bonds is 4. The molecule has 0 saturated carbocycles. The van der Waals surface area contributed by atoms with Crippen LogP contribution in [0.4, 0.5) is 0 Å². The smallest absolute Gasteiger partial charge is 0.0585 e. The van der Waals surface area contributed by atoms with Crippen molar-refractivity contribution in [2.45, 2.75) is 25.8 Å². The van der Waals surface area contributed by atoms with E-state index in [4.69, 9.17) is 10.8 Å². The van der Waals surface area contributed by atoms with Crippen molar-refractivity contribution in [2.75, 3.05) is 6.61 Å². The maximum atomic E-state index is 8.83. The molecule has 1 atom stereocenters. The first-order valence-electron chi connectivity index (χ1n) is 4.71. The minimum Gasteiger partial charge on any atom is -0.395 e. The zero-order valence-corrected chi connectivity index (χ0v) is 8.03. The second-order valence-electron chi connectivity index (χ2n) is 3.27. The maximum absolute atomic E-state index is 8.83. The van der Waals surface area contributed by atoms with Crippen LogP contribution < -0.4 is 5.73 Å². The highest BCUT2D eigenvalue weighted by atomic mass is 16.3. The standard InChI is InChI=1S/C11H17NO/c1-2-9-5-3-4-6-10(9)7-11(12)8-13/h3-6,11,13H,2,7-8,12H2,1H3. The first-order valence-corrected chi connectivity index (χ1v) is 4.71. The molecule has 2 nitrogen and oxygen atoms in total. The van der Waals surface area contributed by atoms with Gasteiger partial charge in [0.15, 0.2) is 0 Å². The van der Waals surface area contributed by atoms with Crippen LogP contribution in [0.15, 0.2) is 24.3 Å². The Morgan fingerprint density at radius 3 is 2.46 bits per heavy atom. The highest BCUT2D eigenvalue weighted by molar-refractivity contribution is 5.27. The van der Waals surface area contributed by atoms with E-state index in [0.29, 0.717) is 0 Å². The molecule has 0 saturated heterocycles. The van der Waals surface area contributed by atoms with Crippen molar-refractivity contribution in [2.24, 2.45) is 5.73 Å². The first kappa shape index (κ1) is 10.2. The van der Waals surface area contributed by atoms with Crippen molar-refractivity contribution in [1.82, 2.24) is 0 Å². The van der Waals surface area contributed by atoms with Gasteiger partial charge in [-0.05, 0) is 24.0 Å². The summed E-state index contributed by atoms with van der Waals surface area (Å²) >= 11 is 0. The van der Waals surface area contributed by atoms with E-state index in [1.807, 2.05) is 12.1 Å². The Morgan fingerprint density at radius 1 is 1.31 bits per heavy atom. The van der Waals surface area contributed by atoms with Gasteiger partial charge in [-0.15, -0.1) is 0 Å². The third-order valence-electron chi connectivity index (χ3n) is 2.22. The van der Waals surface area contributed by atoms with Gasteiger partial charge in [0.05, 0.1) is 6.61 Å². The third kappa shape index (κ3) is 2.83. The third-order valence-corrected chi connectivity index (χ3v) is 2.22. The molecule has 1 aromatic rings. The van der Waals surface area contributed by atoms with E-state index in [-0.39, 0.29) is 12.6 Å². The summed E-state index contributed by atoms with van der Waals surface area (Å²) in [7, 11) is 0. The molecule has 13 heavy (non-hydrogen) atoms. The van der Waals surface area contributed by atoms with Crippen LogP contribution in [0.1, 0.15) is 18.1 Å². The fourth-order valence-electron chi connectivity index (χ4n) is 1.45. The van der Waals surface area contributed by atoms with E-state index in [0.717, 1.165) is 12.8 Å². The van der Waals surface area contributed by atoms with Gasteiger partial charge >= 0.3 is 0 Å². The summed E-state index contributed by atoms with van der Waals surface area (Å²) in [5.41, 5.74) is 8.26. The molecule has 0 amide bonds. The summed E-state index contributed by atoms with van der Waals surface area (Å²) in [6.07, 6.45) is 1.79. The minimum absolute atomic E-state index is 0.0536. The molecule has 0 bridgehead atoms. The predicted octanol–water partition coefficient (Wildman–Crippen LogP) is 1.11. The van der Waals surface area contributed by atoms with Gasteiger partial charge in [-0.2, -0.15) is 0 Å². The van der Waals surface area contributed by atoms with Crippen LogP contribution in [-0.4, -0.2) is 17.8 Å². The van der Waals surface area contributed by atoms with E-state index < -0.39 is 0 Å². The molecule has 0 aliphatic heterocycles. The quantitative estimate of drug-likeness (QED) is 0.727. The van der Waals surface area contributed by atoms with Gasteiger partial charge in [-0.3, -0.25) is 0 Å². The highest BCUT2D eigenvalue weighted by Crippen LogP contribution is 2.10. The van der Waals surface area contributed by atoms with Crippen LogP contribution in [0.5, 0.6) is 0 Å². The van der Waals surface area contributed by atoms with Gasteiger partial charge in [-0.1, -0.05) is 31.2 Å². The highest BCUT2D eigenvalue weighted by Gasteiger charge is 2.04. The van der Waals surface area contributed by atoms with Gasteiger partial charge in [0.2, 0.25) is 0 Å². The predicted molar refractivity (Wildman–Crippen MR) is 54.6 cm³/mol. The molecule has 2 heteroatoms. The van der Waals surface area contributed by atoms with Crippen molar-refractivity contribution in [3.8, 4) is 0 Å². The van der Waals surface area contributed by atoms with Crippen molar-refractivity contribution < 1.29 is 5.11 Å². The summed E-state index contributed by atoms with van der Waals surface area (Å²) in [6.45, 7) is 2.18. The molecule has 1 unspecified atom stereocenters. The molecule has 0 aliphatic rings. The molecule has 0 fully saturated rings. The van der Waals surface area contributed by atoms with Gasteiger partial charge < -0.3 is 10.8 Å². The van der Waals surface area contributed by atoms with E-state index in [2.05, 4.69) is 19.1 Å². The summed E-state index contributed by atoms with van der Waals surface area (Å²) in [5, 5.41) is 8.83. The summed E-state index contributed by atoms with van der Waals surface area (Å²) in [5.74, 6) is 0. The van der Waals surface area contributed by atoms with E-state index in [9.17, 15) is 0 Å². The second-order valence-corrected chi connectivity index (χ2v) is 3.27. The van der Waals surface area contributed by atoms with Crippen LogP contribution in [-0.2, 0) is 12.8 Å². The van der Waals surface area contributed by atoms with Gasteiger partial charge in [0.1, 0.15) is 0 Å². The Bertz CT molecular complexity index is 260. The maximum Gasteiger partial charge on any atom is 0.0585 e. The molecular weight excluding hydrogens is 162 g/mol. The van der Waals surface area contributed by atoms with Gasteiger partial charge in [-0.25, -0.2) is 0 Å². The summed E-state index contributed by atoms with van der Waals surface area (Å²) in [6, 6.07) is 8.10. The number of aliphatic hydroxyl groups is 1. The average Bonchev–Trinajstić information content (AvgIpc) is 2.18. The van der Waals surface area contributed by atoms with Crippen LogP contribution in [0.25, 0.3) is 0 Å². The van der Waals surface area contributed by atoms with Crippen LogP contribution in [0, 0.1) is 0 Å². The van der Waals surface area contributed by atoms with E-state index in [1.54, 1.807) is 0 Å². The Morgan fingerprint density at radius 2 is 1.92 bits per heavy atom. The minimum atomic E-state index is -0.132. The number of hydrogen-bond donors (Lipinski definition) is 2. The number of nitrogens with two attached hydrogens (primary N) is 1. The lowest BCUT2D eigenvalue weighted by Gasteiger charge is -2.11. The molecule has 3 N–H and O–H groups in total. The summed E-state index contributed by atoms with van der Waals surface area (Å²) in [4.78, 5) is 0. The van der Waals surface area contributed by atoms with E-state index in [1.165, 1.54) is 11.1 Å². The Kier molecular flexibility index (Phi) is 3.93. The molecule has 0 heterocycles. The molecule has 0 spiro atoms. The molecule has 0 aromatic heterocycles. The molecule has 72 valence electrons. The van der Waals surface area contributed by atoms with Crippen molar-refractivity contribution >= 4 is 0 Å². The normalized spacial score (nSPS) is 12.8. The average molecular weight is 179 g/mol. The lowest BCUT2D eigenvalue weighted by atomic mass is 9.99. The van der Waals surface area contributed by atoms with Crippen LogP contribution >= 0.6 is 0 Å². The molecule has 0 radical (unpaired) electrons. The Hall–Kier alpha value is -0.860. The SMILES string of the molecule is CCc1ccccc1CC(N)CO. The Balaban J connectivity index is 2.74. The molecule has 0 aliphatic carbocycles. The first-order chi connectivity index (χ1) is 6.27. The number of benzene rings is 1. The zero-order valence-electron chi connectivity index (χ0n) is 8.03. The van der Waals surface area contributed by atoms with Crippen LogP contribution in [0.3, 0.4) is 0 Å². The summed E-state index contributed by atoms with van der Waals surface area (Å²) < 4.78 is 0. The van der Waals surface area contributed by atoms with Crippen molar-refractivity contribution in [3.05, 3.63) is 35.4 Å². The molecule has 1 aromatic carbocycles. The zero-order chi connectivity index (χ0) is 9.68. The van der Waals surface area contributed by atoms with Gasteiger partial charge in [0, 0.05) is 6.04 Å². The second kappa shape index (κ2) is 5.00. The topological polar surface area (TPSA) is 46.2 Å².